The van der Waals surface area contributed by atoms with Crippen molar-refractivity contribution >= 4 is 33.4 Å². The molecule has 0 fully saturated rings. The van der Waals surface area contributed by atoms with Crippen molar-refractivity contribution in [1.82, 2.24) is 9.97 Å². The first-order valence-electron chi connectivity index (χ1n) is 8.49. The summed E-state index contributed by atoms with van der Waals surface area (Å²) in [6.45, 7) is 1.67. The maximum atomic E-state index is 12.4. The summed E-state index contributed by atoms with van der Waals surface area (Å²) in [4.78, 5) is 31.4. The first-order chi connectivity index (χ1) is 13.7. The highest BCUT2D eigenvalue weighted by molar-refractivity contribution is 8.00. The number of sulfonamides is 1. The summed E-state index contributed by atoms with van der Waals surface area (Å²) in [5.74, 6) is -0.328. The van der Waals surface area contributed by atoms with E-state index in [0.29, 0.717) is 16.5 Å². The van der Waals surface area contributed by atoms with Crippen LogP contribution in [0.4, 0.5) is 5.69 Å². The van der Waals surface area contributed by atoms with Crippen molar-refractivity contribution in [2.24, 2.45) is 5.14 Å². The van der Waals surface area contributed by atoms with Gasteiger partial charge in [0.05, 0.1) is 15.8 Å². The van der Waals surface area contributed by atoms with E-state index in [2.05, 4.69) is 15.3 Å². The van der Waals surface area contributed by atoms with Gasteiger partial charge in [-0.25, -0.2) is 18.5 Å². The van der Waals surface area contributed by atoms with Crippen molar-refractivity contribution in [3.05, 3.63) is 71.0 Å². The van der Waals surface area contributed by atoms with Gasteiger partial charge >= 0.3 is 0 Å². The Balaban J connectivity index is 1.71. The number of benzene rings is 2. The van der Waals surface area contributed by atoms with E-state index in [-0.39, 0.29) is 16.4 Å². The van der Waals surface area contributed by atoms with Crippen molar-refractivity contribution in [1.29, 1.82) is 0 Å². The van der Waals surface area contributed by atoms with Crippen LogP contribution in [0.2, 0.25) is 0 Å². The Morgan fingerprint density at radius 3 is 2.41 bits per heavy atom. The predicted octanol–water partition coefficient (Wildman–Crippen LogP) is 2.20. The zero-order chi connectivity index (χ0) is 21.0. The fourth-order valence-corrected chi connectivity index (χ4v) is 3.77. The lowest BCUT2D eigenvalue weighted by Crippen LogP contribution is -2.23. The van der Waals surface area contributed by atoms with E-state index in [1.54, 1.807) is 6.92 Å². The third kappa shape index (κ3) is 5.53. The third-order valence-corrected chi connectivity index (χ3v) is 5.81. The molecule has 29 heavy (non-hydrogen) atoms. The first-order valence-corrected chi connectivity index (χ1v) is 10.9. The summed E-state index contributed by atoms with van der Waals surface area (Å²) >= 11 is 1.11. The number of rotatable bonds is 6. The number of amides is 1. The van der Waals surface area contributed by atoms with Gasteiger partial charge in [-0.1, -0.05) is 42.1 Å². The number of anilines is 1. The summed E-state index contributed by atoms with van der Waals surface area (Å²) in [5.41, 5.74) is 1.43. The number of nitrogens with two attached hydrogens (primary N) is 1. The molecule has 1 aromatic heterocycles. The lowest BCUT2D eigenvalue weighted by atomic mass is 10.1. The zero-order valence-electron chi connectivity index (χ0n) is 15.3. The highest BCUT2D eigenvalue weighted by Gasteiger charge is 2.17. The number of thioether (sulfide) groups is 1. The molecule has 3 rings (SSSR count). The van der Waals surface area contributed by atoms with Gasteiger partial charge in [0, 0.05) is 17.3 Å². The second-order valence-electron chi connectivity index (χ2n) is 6.12. The van der Waals surface area contributed by atoms with Gasteiger partial charge in [-0.3, -0.25) is 9.59 Å². The third-order valence-electron chi connectivity index (χ3n) is 3.90. The van der Waals surface area contributed by atoms with Gasteiger partial charge in [0.1, 0.15) is 0 Å². The van der Waals surface area contributed by atoms with Crippen LogP contribution in [0.25, 0.3) is 11.3 Å². The van der Waals surface area contributed by atoms with Gasteiger partial charge in [-0.05, 0) is 31.2 Å². The Labute approximate surface area is 171 Å². The van der Waals surface area contributed by atoms with Gasteiger partial charge in [0.2, 0.25) is 15.9 Å². The van der Waals surface area contributed by atoms with Gasteiger partial charge in [-0.15, -0.1) is 0 Å². The topological polar surface area (TPSA) is 135 Å². The zero-order valence-corrected chi connectivity index (χ0v) is 17.0. The SMILES string of the molecule is C[C@@H](Sc1nc(-c2ccccc2)cc(=O)[nH]1)C(=O)Nc1ccc(S(N)(=O)=O)cc1. The Kier molecular flexibility index (Phi) is 6.16. The highest BCUT2D eigenvalue weighted by atomic mass is 32.2. The lowest BCUT2D eigenvalue weighted by Gasteiger charge is -2.12. The summed E-state index contributed by atoms with van der Waals surface area (Å²) < 4.78 is 22.6. The van der Waals surface area contributed by atoms with Crippen LogP contribution >= 0.6 is 11.8 Å². The highest BCUT2D eigenvalue weighted by Crippen LogP contribution is 2.23. The largest absolute Gasteiger partial charge is 0.325 e. The van der Waals surface area contributed by atoms with Crippen LogP contribution in [0.3, 0.4) is 0 Å². The molecule has 0 aliphatic rings. The van der Waals surface area contributed by atoms with Gasteiger partial charge < -0.3 is 10.3 Å². The number of nitrogens with zero attached hydrogens (tertiary/aromatic N) is 1. The number of nitrogens with one attached hydrogen (secondary N) is 2. The molecule has 150 valence electrons. The Bertz CT molecular complexity index is 1180. The van der Waals surface area contributed by atoms with E-state index < -0.39 is 15.3 Å². The van der Waals surface area contributed by atoms with E-state index >= 15 is 0 Å². The second kappa shape index (κ2) is 8.60. The molecule has 0 unspecified atom stereocenters. The number of H-pyrrole nitrogens is 1. The molecule has 0 spiro atoms. The summed E-state index contributed by atoms with van der Waals surface area (Å²) in [7, 11) is -3.80. The molecule has 0 aliphatic carbocycles. The number of aromatic nitrogens is 2. The molecule has 3 aromatic rings. The Morgan fingerprint density at radius 2 is 1.79 bits per heavy atom. The van der Waals surface area contributed by atoms with Gasteiger partial charge in [0.25, 0.3) is 5.56 Å². The van der Waals surface area contributed by atoms with E-state index in [9.17, 15) is 18.0 Å². The number of carbonyl (C=O) groups is 1. The molecule has 1 heterocycles. The quantitative estimate of drug-likeness (QED) is 0.405. The average molecular weight is 431 g/mol. The molecular weight excluding hydrogens is 412 g/mol. The van der Waals surface area contributed by atoms with Crippen molar-refractivity contribution < 1.29 is 13.2 Å². The van der Waals surface area contributed by atoms with Crippen LogP contribution < -0.4 is 16.0 Å². The Hall–Kier alpha value is -2.95. The van der Waals surface area contributed by atoms with Crippen molar-refractivity contribution in [2.45, 2.75) is 22.2 Å². The minimum Gasteiger partial charge on any atom is -0.325 e. The van der Waals surface area contributed by atoms with Crippen LogP contribution in [0.1, 0.15) is 6.92 Å². The summed E-state index contributed by atoms with van der Waals surface area (Å²) in [6.07, 6.45) is 0. The predicted molar refractivity (Wildman–Crippen MR) is 112 cm³/mol. The minimum atomic E-state index is -3.80. The summed E-state index contributed by atoms with van der Waals surface area (Å²) in [6, 6.07) is 16.2. The normalized spacial score (nSPS) is 12.3. The number of primary sulfonamides is 1. The van der Waals surface area contributed by atoms with Crippen LogP contribution in [0.15, 0.2) is 75.5 Å². The molecule has 8 nitrogen and oxygen atoms in total. The van der Waals surface area contributed by atoms with E-state index in [1.165, 1.54) is 30.3 Å². The van der Waals surface area contributed by atoms with Crippen LogP contribution in [0, 0.1) is 0 Å². The molecule has 0 bridgehead atoms. The van der Waals surface area contributed by atoms with Crippen molar-refractivity contribution in [3.63, 3.8) is 0 Å². The number of hydrogen-bond donors (Lipinski definition) is 3. The van der Waals surface area contributed by atoms with E-state index in [4.69, 9.17) is 5.14 Å². The molecule has 0 radical (unpaired) electrons. The smallest absolute Gasteiger partial charge is 0.252 e. The molecular formula is C19H18N4O4S2. The standard InChI is InChI=1S/C19H18N4O4S2/c1-12(18(25)21-14-7-9-15(10-8-14)29(20,26)27)28-19-22-16(11-17(24)23-19)13-5-3-2-4-6-13/h2-12H,1H3,(H,21,25)(H2,20,26,27)(H,22,23,24)/t12-/m1/s1. The van der Waals surface area contributed by atoms with E-state index in [0.717, 1.165) is 17.3 Å². The van der Waals surface area contributed by atoms with E-state index in [1.807, 2.05) is 30.3 Å². The number of hydrogen-bond acceptors (Lipinski definition) is 6. The fourth-order valence-electron chi connectivity index (χ4n) is 2.44. The minimum absolute atomic E-state index is 0.0441. The van der Waals surface area contributed by atoms with Crippen LogP contribution in [0.5, 0.6) is 0 Å². The molecule has 4 N–H and O–H groups in total. The molecule has 0 saturated heterocycles. The maximum absolute atomic E-state index is 12.4. The summed E-state index contributed by atoms with van der Waals surface area (Å²) in [5, 5.41) is 7.50. The number of carbonyl (C=O) groups excluding carboxylic acids is 1. The molecule has 0 aliphatic heterocycles. The van der Waals surface area contributed by atoms with Crippen LogP contribution in [-0.2, 0) is 14.8 Å². The molecule has 10 heteroatoms. The van der Waals surface area contributed by atoms with Gasteiger partial charge in [-0.2, -0.15) is 0 Å². The molecule has 0 saturated carbocycles. The van der Waals surface area contributed by atoms with Crippen molar-refractivity contribution in [2.75, 3.05) is 5.32 Å². The second-order valence-corrected chi connectivity index (χ2v) is 9.01. The fraction of sp³-hybridized carbons (Fsp3) is 0.105. The lowest BCUT2D eigenvalue weighted by molar-refractivity contribution is -0.115. The molecule has 1 amide bonds. The Morgan fingerprint density at radius 1 is 1.14 bits per heavy atom. The number of aromatic amines is 1. The average Bonchev–Trinajstić information content (AvgIpc) is 2.68. The molecule has 2 aromatic carbocycles. The maximum Gasteiger partial charge on any atom is 0.252 e. The van der Waals surface area contributed by atoms with Crippen molar-refractivity contribution in [3.8, 4) is 11.3 Å². The van der Waals surface area contributed by atoms with Crippen LogP contribution in [-0.4, -0.2) is 29.5 Å². The van der Waals surface area contributed by atoms with Gasteiger partial charge in [0.15, 0.2) is 5.16 Å². The monoisotopic (exact) mass is 430 g/mol. The first kappa shape index (κ1) is 20.8. The molecule has 1 atom stereocenters.